The summed E-state index contributed by atoms with van der Waals surface area (Å²) in [7, 11) is 0. The van der Waals surface area contributed by atoms with Crippen LogP contribution in [0.5, 0.6) is 0 Å². The predicted octanol–water partition coefficient (Wildman–Crippen LogP) is 2.93. The first-order valence-electron chi connectivity index (χ1n) is 7.71. The number of anilines is 1. The molecule has 2 heterocycles. The highest BCUT2D eigenvalue weighted by atomic mass is 19.4. The minimum Gasteiger partial charge on any atom is -0.338 e. The van der Waals surface area contributed by atoms with E-state index in [0.717, 1.165) is 10.7 Å². The van der Waals surface area contributed by atoms with Crippen LogP contribution < -0.4 is 10.6 Å². The number of nitrogens with zero attached hydrogens (tertiary/aromatic N) is 4. The number of hydrogen-bond acceptors (Lipinski definition) is 4. The lowest BCUT2D eigenvalue weighted by atomic mass is 10.2. The highest BCUT2D eigenvalue weighted by Gasteiger charge is 2.35. The van der Waals surface area contributed by atoms with Gasteiger partial charge in [0.2, 0.25) is 0 Å². The standard InChI is InChI=1S/C16H17F3N6O/c1-10(9-25-14(16(17,18)19)5-11(2)24-25)7-22-15(26)23-13-4-3-12(6-20)21-8-13/h3-5,8,10H,7,9H2,1-2H3,(H2,22,23,26)/t10-/m1/s1. The number of urea groups is 1. The number of halogens is 3. The van der Waals surface area contributed by atoms with Crippen LogP contribution in [0.4, 0.5) is 23.7 Å². The number of carbonyl (C=O) groups excluding carboxylic acids is 1. The monoisotopic (exact) mass is 366 g/mol. The highest BCUT2D eigenvalue weighted by molar-refractivity contribution is 5.88. The summed E-state index contributed by atoms with van der Waals surface area (Å²) in [4.78, 5) is 15.7. The number of alkyl halides is 3. The van der Waals surface area contributed by atoms with Crippen molar-refractivity contribution in [1.29, 1.82) is 5.26 Å². The Kier molecular flexibility index (Phi) is 5.82. The minimum atomic E-state index is -4.48. The molecular formula is C16H17F3N6O. The van der Waals surface area contributed by atoms with Gasteiger partial charge in [0.05, 0.1) is 17.6 Å². The zero-order valence-electron chi connectivity index (χ0n) is 14.1. The van der Waals surface area contributed by atoms with Crippen LogP contribution in [-0.2, 0) is 12.7 Å². The second-order valence-electron chi connectivity index (χ2n) is 5.83. The van der Waals surface area contributed by atoms with Crippen molar-refractivity contribution < 1.29 is 18.0 Å². The Labute approximate surface area is 147 Å². The van der Waals surface area contributed by atoms with Gasteiger partial charge in [0.1, 0.15) is 17.5 Å². The molecule has 0 aliphatic rings. The minimum absolute atomic E-state index is 0.0153. The van der Waals surface area contributed by atoms with Crippen LogP contribution >= 0.6 is 0 Å². The van der Waals surface area contributed by atoms with Crippen molar-refractivity contribution in [1.82, 2.24) is 20.1 Å². The van der Waals surface area contributed by atoms with E-state index in [9.17, 15) is 18.0 Å². The molecule has 0 bridgehead atoms. The Bertz CT molecular complexity index is 807. The Balaban J connectivity index is 1.87. The van der Waals surface area contributed by atoms with E-state index in [2.05, 4.69) is 20.7 Å². The average molecular weight is 366 g/mol. The summed E-state index contributed by atoms with van der Waals surface area (Å²) in [5.74, 6) is -0.278. The number of hydrogen-bond donors (Lipinski definition) is 2. The summed E-state index contributed by atoms with van der Waals surface area (Å²) in [6.45, 7) is 3.38. The highest BCUT2D eigenvalue weighted by Crippen LogP contribution is 2.30. The van der Waals surface area contributed by atoms with Gasteiger partial charge in [-0.3, -0.25) is 4.68 Å². The molecule has 7 nitrogen and oxygen atoms in total. The topological polar surface area (TPSA) is 95.6 Å². The summed E-state index contributed by atoms with van der Waals surface area (Å²) in [5.41, 5.74) is 0.0919. The van der Waals surface area contributed by atoms with Crippen molar-refractivity contribution in [2.75, 3.05) is 11.9 Å². The Morgan fingerprint density at radius 1 is 1.42 bits per heavy atom. The molecule has 0 aliphatic heterocycles. The summed E-state index contributed by atoms with van der Waals surface area (Å²) < 4.78 is 39.8. The molecule has 2 amide bonds. The molecule has 0 unspecified atom stereocenters. The van der Waals surface area contributed by atoms with Gasteiger partial charge in [0, 0.05) is 13.1 Å². The summed E-state index contributed by atoms with van der Waals surface area (Å²) >= 11 is 0. The summed E-state index contributed by atoms with van der Waals surface area (Å²) in [6.07, 6.45) is -3.14. The molecule has 138 valence electrons. The summed E-state index contributed by atoms with van der Waals surface area (Å²) in [5, 5.41) is 17.6. The first kappa shape index (κ1) is 19.2. The van der Waals surface area contributed by atoms with Gasteiger partial charge >= 0.3 is 12.2 Å². The Hall–Kier alpha value is -3.09. The molecule has 2 aromatic heterocycles. The molecule has 0 saturated carbocycles. The molecule has 0 radical (unpaired) electrons. The number of rotatable bonds is 5. The van der Waals surface area contributed by atoms with Gasteiger partial charge in [-0.2, -0.15) is 23.5 Å². The average Bonchev–Trinajstić information content (AvgIpc) is 2.94. The van der Waals surface area contributed by atoms with Gasteiger partial charge in [0.15, 0.2) is 0 Å². The zero-order chi connectivity index (χ0) is 19.3. The molecule has 0 saturated heterocycles. The van der Waals surface area contributed by atoms with Gasteiger partial charge in [-0.25, -0.2) is 9.78 Å². The van der Waals surface area contributed by atoms with E-state index in [0.29, 0.717) is 5.69 Å². The van der Waals surface area contributed by atoms with Gasteiger partial charge in [-0.15, -0.1) is 0 Å². The number of nitrogens with one attached hydrogen (secondary N) is 2. The van der Waals surface area contributed by atoms with E-state index in [4.69, 9.17) is 5.26 Å². The first-order chi connectivity index (χ1) is 12.2. The van der Waals surface area contributed by atoms with Crippen LogP contribution in [0.3, 0.4) is 0 Å². The molecular weight excluding hydrogens is 349 g/mol. The van der Waals surface area contributed by atoms with Crippen molar-refractivity contribution in [2.24, 2.45) is 5.92 Å². The van der Waals surface area contributed by atoms with E-state index in [-0.39, 0.29) is 30.4 Å². The van der Waals surface area contributed by atoms with Gasteiger partial charge in [0.25, 0.3) is 0 Å². The third-order valence-corrected chi connectivity index (χ3v) is 3.42. The maximum Gasteiger partial charge on any atom is 0.433 e. The number of nitriles is 1. The van der Waals surface area contributed by atoms with Crippen LogP contribution in [0.25, 0.3) is 0 Å². The largest absolute Gasteiger partial charge is 0.433 e. The molecule has 0 aromatic carbocycles. The fourth-order valence-electron chi connectivity index (χ4n) is 2.25. The van der Waals surface area contributed by atoms with E-state index in [1.807, 2.05) is 6.07 Å². The molecule has 2 N–H and O–H groups in total. The molecule has 26 heavy (non-hydrogen) atoms. The van der Waals surface area contributed by atoms with Crippen LogP contribution in [-0.4, -0.2) is 27.3 Å². The fourth-order valence-corrected chi connectivity index (χ4v) is 2.25. The molecule has 0 aliphatic carbocycles. The van der Waals surface area contributed by atoms with Crippen LogP contribution in [0.1, 0.15) is 24.0 Å². The maximum atomic E-state index is 13.0. The maximum absolute atomic E-state index is 13.0. The molecule has 2 rings (SSSR count). The molecule has 10 heteroatoms. The van der Waals surface area contributed by atoms with E-state index in [1.54, 1.807) is 6.92 Å². The smallest absolute Gasteiger partial charge is 0.338 e. The lowest BCUT2D eigenvalue weighted by molar-refractivity contribution is -0.144. The number of amides is 2. The van der Waals surface area contributed by atoms with Crippen LogP contribution in [0, 0.1) is 24.2 Å². The Morgan fingerprint density at radius 2 is 2.15 bits per heavy atom. The van der Waals surface area contributed by atoms with Crippen molar-refractivity contribution in [3.8, 4) is 6.07 Å². The molecule has 0 spiro atoms. The van der Waals surface area contributed by atoms with Crippen molar-refractivity contribution in [3.63, 3.8) is 0 Å². The van der Waals surface area contributed by atoms with Gasteiger partial charge in [-0.1, -0.05) is 6.92 Å². The fraction of sp³-hybridized carbons (Fsp3) is 0.375. The SMILES string of the molecule is Cc1cc(C(F)(F)F)n(C[C@H](C)CNC(=O)Nc2ccc(C#N)nc2)n1. The lowest BCUT2D eigenvalue weighted by Gasteiger charge is -2.16. The van der Waals surface area contributed by atoms with Crippen molar-refractivity contribution in [3.05, 3.63) is 41.5 Å². The van der Waals surface area contributed by atoms with E-state index in [1.165, 1.54) is 25.3 Å². The van der Waals surface area contributed by atoms with E-state index < -0.39 is 17.9 Å². The quantitative estimate of drug-likeness (QED) is 0.850. The number of aromatic nitrogens is 3. The zero-order valence-corrected chi connectivity index (χ0v) is 14.1. The third kappa shape index (κ3) is 5.20. The van der Waals surface area contributed by atoms with Crippen LogP contribution in [0.2, 0.25) is 0 Å². The predicted molar refractivity (Wildman–Crippen MR) is 87.1 cm³/mol. The van der Waals surface area contributed by atoms with Gasteiger partial charge in [-0.05, 0) is 31.0 Å². The number of pyridine rings is 1. The second-order valence-corrected chi connectivity index (χ2v) is 5.83. The van der Waals surface area contributed by atoms with E-state index >= 15 is 0 Å². The first-order valence-corrected chi connectivity index (χ1v) is 7.71. The third-order valence-electron chi connectivity index (χ3n) is 3.42. The number of aryl methyl sites for hydroxylation is 1. The molecule has 0 fully saturated rings. The molecule has 2 aromatic rings. The van der Waals surface area contributed by atoms with Crippen molar-refractivity contribution in [2.45, 2.75) is 26.6 Å². The normalized spacial score (nSPS) is 12.3. The van der Waals surface area contributed by atoms with Crippen LogP contribution in [0.15, 0.2) is 24.4 Å². The Morgan fingerprint density at radius 3 is 2.73 bits per heavy atom. The van der Waals surface area contributed by atoms with Gasteiger partial charge < -0.3 is 10.6 Å². The molecule has 1 atom stereocenters. The van der Waals surface area contributed by atoms with Crippen molar-refractivity contribution >= 4 is 11.7 Å². The summed E-state index contributed by atoms with van der Waals surface area (Å²) in [6, 6.07) is 5.31. The lowest BCUT2D eigenvalue weighted by Crippen LogP contribution is -2.34. The second kappa shape index (κ2) is 7.86. The number of carbonyl (C=O) groups is 1.